The second kappa shape index (κ2) is 9.39. The van der Waals surface area contributed by atoms with Gasteiger partial charge in [0.15, 0.2) is 10.3 Å². The summed E-state index contributed by atoms with van der Waals surface area (Å²) >= 11 is 2.84. The summed E-state index contributed by atoms with van der Waals surface area (Å²) in [6.45, 7) is 0.422. The highest BCUT2D eigenvalue weighted by atomic mass is 32.1. The normalized spacial score (nSPS) is 11.0. The third-order valence-electron chi connectivity index (χ3n) is 4.92. The van der Waals surface area contributed by atoms with Crippen molar-refractivity contribution >= 4 is 32.9 Å². The Bertz CT molecular complexity index is 1360. The van der Waals surface area contributed by atoms with Gasteiger partial charge in [-0.1, -0.05) is 41.6 Å². The van der Waals surface area contributed by atoms with E-state index in [0.717, 1.165) is 33.8 Å². The van der Waals surface area contributed by atoms with Crippen LogP contribution in [-0.4, -0.2) is 20.1 Å². The van der Waals surface area contributed by atoms with Crippen LogP contribution < -0.4 is 16.2 Å². The minimum absolute atomic E-state index is 0.422. The van der Waals surface area contributed by atoms with Gasteiger partial charge < -0.3 is 20.7 Å². The second-order valence-corrected chi connectivity index (χ2v) is 9.02. The van der Waals surface area contributed by atoms with Crippen molar-refractivity contribution in [3.05, 3.63) is 76.4 Å². The number of nitrogens with two attached hydrogens (primary N) is 2. The van der Waals surface area contributed by atoms with E-state index in [-0.39, 0.29) is 0 Å². The second-order valence-electron chi connectivity index (χ2n) is 7.24. The lowest BCUT2D eigenvalue weighted by atomic mass is 10.1. The Morgan fingerprint density at radius 1 is 0.848 bits per heavy atom. The van der Waals surface area contributed by atoms with E-state index < -0.39 is 0 Å². The number of para-hydroxylation sites is 1. The van der Waals surface area contributed by atoms with E-state index in [1.807, 2.05) is 59.3 Å². The zero-order chi connectivity index (χ0) is 22.6. The van der Waals surface area contributed by atoms with Crippen molar-refractivity contribution in [1.29, 1.82) is 0 Å². The number of hydrogen-bond acceptors (Lipinski definition) is 10. The average Bonchev–Trinajstić information content (AvgIpc) is 3.58. The summed E-state index contributed by atoms with van der Waals surface area (Å²) in [4.78, 5) is 13.1. The molecule has 0 unspecified atom stereocenters. The number of hydrogen-bond donors (Lipinski definition) is 2. The molecule has 0 saturated heterocycles. The average molecular weight is 477 g/mol. The van der Waals surface area contributed by atoms with Gasteiger partial charge in [0.25, 0.3) is 0 Å². The summed E-state index contributed by atoms with van der Waals surface area (Å²) in [6.07, 6.45) is 1.33. The van der Waals surface area contributed by atoms with E-state index in [1.54, 1.807) is 0 Å². The van der Waals surface area contributed by atoms with Crippen molar-refractivity contribution in [2.24, 2.45) is 0 Å². The van der Waals surface area contributed by atoms with Crippen LogP contribution in [0, 0.1) is 0 Å². The zero-order valence-electron chi connectivity index (χ0n) is 17.5. The molecule has 4 N–H and O–H groups in total. The molecule has 0 aliphatic carbocycles. The highest BCUT2D eigenvalue weighted by Gasteiger charge is 2.11. The van der Waals surface area contributed by atoms with Gasteiger partial charge >= 0.3 is 0 Å². The molecule has 3 heterocycles. The fourth-order valence-corrected chi connectivity index (χ4v) is 4.43. The molecule has 0 radical (unpaired) electrons. The maximum Gasteiger partial charge on any atom is 0.227 e. The minimum Gasteiger partial charge on any atom is -0.488 e. The Kier molecular flexibility index (Phi) is 6.01. The number of aromatic nitrogens is 4. The molecule has 0 aliphatic rings. The number of nitrogens with zero attached hydrogens (tertiary/aromatic N) is 4. The molecule has 5 aromatic rings. The molecule has 0 atom stereocenters. The lowest BCUT2D eigenvalue weighted by molar-refractivity contribution is 0.307. The summed E-state index contributed by atoms with van der Waals surface area (Å²) in [5.74, 6) is 1.89. The Morgan fingerprint density at radius 2 is 1.64 bits per heavy atom. The van der Waals surface area contributed by atoms with Crippen molar-refractivity contribution in [2.75, 3.05) is 11.5 Å². The SMILES string of the molecule is Nc1nc(CCc2nc(-c3ccc(COc4ccccc4-c4csc(N)n4)cc3)no2)cs1. The molecule has 0 aliphatic heterocycles. The van der Waals surface area contributed by atoms with Gasteiger partial charge in [-0.3, -0.25) is 0 Å². The number of ether oxygens (including phenoxy) is 1. The van der Waals surface area contributed by atoms with Crippen LogP contribution in [0.2, 0.25) is 0 Å². The highest BCUT2D eigenvalue weighted by Crippen LogP contribution is 2.32. The van der Waals surface area contributed by atoms with Crippen molar-refractivity contribution in [3.63, 3.8) is 0 Å². The summed E-state index contributed by atoms with van der Waals surface area (Å²) in [5.41, 5.74) is 16.0. The summed E-state index contributed by atoms with van der Waals surface area (Å²) in [7, 11) is 0. The molecule has 8 nitrogen and oxygen atoms in total. The molecule has 0 spiro atoms. The van der Waals surface area contributed by atoms with Crippen LogP contribution in [0.5, 0.6) is 5.75 Å². The van der Waals surface area contributed by atoms with E-state index >= 15 is 0 Å². The summed E-state index contributed by atoms with van der Waals surface area (Å²) in [5, 5.41) is 9.07. The van der Waals surface area contributed by atoms with Crippen LogP contribution in [0.15, 0.2) is 63.8 Å². The van der Waals surface area contributed by atoms with Crippen molar-refractivity contribution in [1.82, 2.24) is 20.1 Å². The number of anilines is 2. The molecular formula is C23H20N6O2S2. The van der Waals surface area contributed by atoms with Gasteiger partial charge in [-0.05, 0) is 24.1 Å². The fourth-order valence-electron chi connectivity index (χ4n) is 3.27. The summed E-state index contributed by atoms with van der Waals surface area (Å²) in [6, 6.07) is 15.7. The van der Waals surface area contributed by atoms with Gasteiger partial charge in [0, 0.05) is 28.3 Å². The van der Waals surface area contributed by atoms with Crippen LogP contribution in [0.4, 0.5) is 10.3 Å². The number of benzene rings is 2. The van der Waals surface area contributed by atoms with Crippen LogP contribution in [0.3, 0.4) is 0 Å². The van der Waals surface area contributed by atoms with Crippen molar-refractivity contribution < 1.29 is 9.26 Å². The maximum atomic E-state index is 6.07. The molecule has 33 heavy (non-hydrogen) atoms. The zero-order valence-corrected chi connectivity index (χ0v) is 19.1. The van der Waals surface area contributed by atoms with Crippen LogP contribution in [-0.2, 0) is 19.4 Å². The van der Waals surface area contributed by atoms with Gasteiger partial charge in [0.05, 0.1) is 11.4 Å². The van der Waals surface area contributed by atoms with Gasteiger partial charge in [-0.15, -0.1) is 22.7 Å². The minimum atomic E-state index is 0.422. The first-order valence-electron chi connectivity index (χ1n) is 10.2. The Hall–Kier alpha value is -3.76. The molecule has 0 fully saturated rings. The van der Waals surface area contributed by atoms with Gasteiger partial charge in [-0.25, -0.2) is 9.97 Å². The first kappa shape index (κ1) is 21.1. The lowest BCUT2D eigenvalue weighted by Gasteiger charge is -2.10. The van der Waals surface area contributed by atoms with Crippen molar-refractivity contribution in [3.8, 4) is 28.4 Å². The number of rotatable bonds is 8. The topological polar surface area (TPSA) is 126 Å². The first-order valence-corrected chi connectivity index (χ1v) is 11.9. The van der Waals surface area contributed by atoms with E-state index in [9.17, 15) is 0 Å². The lowest BCUT2D eigenvalue weighted by Crippen LogP contribution is -1.97. The molecular weight excluding hydrogens is 456 g/mol. The molecule has 3 aromatic heterocycles. The predicted octanol–water partition coefficient (Wildman–Crippen LogP) is 4.85. The van der Waals surface area contributed by atoms with Gasteiger partial charge in [-0.2, -0.15) is 4.98 Å². The number of thiazole rings is 2. The third-order valence-corrected chi connectivity index (χ3v) is 6.32. The Morgan fingerprint density at radius 3 is 2.39 bits per heavy atom. The Labute approximate surface area is 197 Å². The van der Waals surface area contributed by atoms with E-state index in [4.69, 9.17) is 20.7 Å². The molecule has 166 valence electrons. The van der Waals surface area contributed by atoms with Gasteiger partial charge in [0.1, 0.15) is 12.4 Å². The molecule has 5 rings (SSSR count). The monoisotopic (exact) mass is 476 g/mol. The third kappa shape index (κ3) is 5.02. The van der Waals surface area contributed by atoms with Crippen LogP contribution >= 0.6 is 22.7 Å². The van der Waals surface area contributed by atoms with Gasteiger partial charge in [0.2, 0.25) is 11.7 Å². The molecule has 0 bridgehead atoms. The van der Waals surface area contributed by atoms with E-state index in [0.29, 0.717) is 41.4 Å². The predicted molar refractivity (Wildman–Crippen MR) is 130 cm³/mol. The quantitative estimate of drug-likeness (QED) is 0.326. The summed E-state index contributed by atoms with van der Waals surface area (Å²) < 4.78 is 11.5. The highest BCUT2D eigenvalue weighted by molar-refractivity contribution is 7.14. The standard InChI is InChI=1S/C23H20N6O2S2/c24-22-26-16(12-32-22)9-10-20-28-21(29-31-20)15-7-5-14(6-8-15)11-30-19-4-2-1-3-17(19)18-13-33-23(25)27-18/h1-8,12-13H,9-11H2,(H2,24,26)(H2,25,27). The number of nitrogen functional groups attached to an aromatic ring is 2. The largest absolute Gasteiger partial charge is 0.488 e. The smallest absolute Gasteiger partial charge is 0.227 e. The maximum absolute atomic E-state index is 6.07. The molecule has 0 amide bonds. The molecule has 2 aromatic carbocycles. The Balaban J connectivity index is 1.22. The van der Waals surface area contributed by atoms with E-state index in [2.05, 4.69) is 20.1 Å². The molecule has 10 heteroatoms. The van der Waals surface area contributed by atoms with E-state index in [1.165, 1.54) is 22.7 Å². The number of aryl methyl sites for hydroxylation is 2. The molecule has 0 saturated carbocycles. The fraction of sp³-hybridized carbons (Fsp3) is 0.130. The van der Waals surface area contributed by atoms with Crippen LogP contribution in [0.25, 0.3) is 22.6 Å². The van der Waals surface area contributed by atoms with Crippen LogP contribution in [0.1, 0.15) is 17.1 Å². The van der Waals surface area contributed by atoms with Crippen molar-refractivity contribution in [2.45, 2.75) is 19.4 Å². The first-order chi connectivity index (χ1) is 16.1.